The maximum atomic E-state index is 12.2. The van der Waals surface area contributed by atoms with E-state index in [-0.39, 0.29) is 11.9 Å². The fraction of sp³-hybridized carbons (Fsp3) is 0.333. The highest BCUT2D eigenvalue weighted by molar-refractivity contribution is 6.35. The molecule has 0 saturated carbocycles. The van der Waals surface area contributed by atoms with Crippen molar-refractivity contribution < 1.29 is 4.79 Å². The van der Waals surface area contributed by atoms with Gasteiger partial charge in [0.2, 0.25) is 0 Å². The molecule has 1 unspecified atom stereocenters. The fourth-order valence-corrected chi connectivity index (χ4v) is 2.33. The van der Waals surface area contributed by atoms with Gasteiger partial charge in [0.15, 0.2) is 0 Å². The summed E-state index contributed by atoms with van der Waals surface area (Å²) < 4.78 is 0. The van der Waals surface area contributed by atoms with Crippen LogP contribution < -0.4 is 0 Å². The summed E-state index contributed by atoms with van der Waals surface area (Å²) in [7, 11) is 0. The highest BCUT2D eigenvalue weighted by atomic mass is 35.5. The van der Waals surface area contributed by atoms with Gasteiger partial charge in [-0.1, -0.05) is 23.2 Å². The molecule has 17 heavy (non-hydrogen) atoms. The molecule has 0 spiro atoms. The third-order valence-electron chi connectivity index (χ3n) is 2.82. The molecule has 1 aliphatic rings. The highest BCUT2D eigenvalue weighted by Gasteiger charge is 2.30. The van der Waals surface area contributed by atoms with Crippen LogP contribution in [0.5, 0.6) is 0 Å². The number of nitrogens with zero attached hydrogens (tertiary/aromatic N) is 2. The molecule has 1 aliphatic heterocycles. The number of nitriles is 1. The van der Waals surface area contributed by atoms with Crippen molar-refractivity contribution in [3.8, 4) is 6.07 Å². The quantitative estimate of drug-likeness (QED) is 0.786. The molecule has 1 aromatic carbocycles. The van der Waals surface area contributed by atoms with Gasteiger partial charge in [0.1, 0.15) is 6.04 Å². The van der Waals surface area contributed by atoms with Gasteiger partial charge >= 0.3 is 0 Å². The van der Waals surface area contributed by atoms with Crippen LogP contribution >= 0.6 is 23.2 Å². The van der Waals surface area contributed by atoms with Crippen LogP contribution in [0.15, 0.2) is 18.2 Å². The third-order valence-corrected chi connectivity index (χ3v) is 3.39. The Hall–Kier alpha value is -1.24. The molecule has 0 radical (unpaired) electrons. The molecule has 2 rings (SSSR count). The van der Waals surface area contributed by atoms with E-state index in [2.05, 4.69) is 6.07 Å². The number of carbonyl (C=O) groups excluding carboxylic acids is 1. The lowest BCUT2D eigenvalue weighted by Gasteiger charge is -2.20. The van der Waals surface area contributed by atoms with Crippen LogP contribution in [0.25, 0.3) is 0 Å². The standard InChI is InChI=1S/C12H10Cl2N2O/c13-8-3-4-11(14)10(6-8)12(17)16-5-1-2-9(16)7-15/h3-4,6,9H,1-2,5H2. The van der Waals surface area contributed by atoms with Gasteiger partial charge in [0.25, 0.3) is 5.91 Å². The number of halogens is 2. The minimum Gasteiger partial charge on any atom is -0.323 e. The van der Waals surface area contributed by atoms with Gasteiger partial charge in [0.05, 0.1) is 16.7 Å². The summed E-state index contributed by atoms with van der Waals surface area (Å²) in [5.41, 5.74) is 0.362. The summed E-state index contributed by atoms with van der Waals surface area (Å²) >= 11 is 11.8. The van der Waals surface area contributed by atoms with Crippen molar-refractivity contribution >= 4 is 29.1 Å². The molecule has 0 bridgehead atoms. The van der Waals surface area contributed by atoms with Crippen molar-refractivity contribution in [3.05, 3.63) is 33.8 Å². The molecule has 5 heteroatoms. The predicted molar refractivity (Wildman–Crippen MR) is 66.1 cm³/mol. The molecule has 3 nitrogen and oxygen atoms in total. The average Bonchev–Trinajstić information content (AvgIpc) is 2.79. The summed E-state index contributed by atoms with van der Waals surface area (Å²) in [5, 5.41) is 9.78. The second-order valence-corrected chi connectivity index (χ2v) is 4.75. The van der Waals surface area contributed by atoms with Crippen LogP contribution in [0.3, 0.4) is 0 Å². The SMILES string of the molecule is N#CC1CCCN1C(=O)c1cc(Cl)ccc1Cl. The Labute approximate surface area is 110 Å². The van der Waals surface area contributed by atoms with Gasteiger partial charge in [-0.3, -0.25) is 4.79 Å². The zero-order chi connectivity index (χ0) is 12.4. The van der Waals surface area contributed by atoms with Crippen LogP contribution in [0.2, 0.25) is 10.0 Å². The smallest absolute Gasteiger partial charge is 0.256 e. The minimum absolute atomic E-state index is 0.221. The van der Waals surface area contributed by atoms with E-state index in [0.717, 1.165) is 12.8 Å². The van der Waals surface area contributed by atoms with Crippen molar-refractivity contribution in [2.45, 2.75) is 18.9 Å². The Balaban J connectivity index is 2.31. The molecular weight excluding hydrogens is 259 g/mol. The molecule has 0 aliphatic carbocycles. The van der Waals surface area contributed by atoms with Crippen LogP contribution in [-0.4, -0.2) is 23.4 Å². The Morgan fingerprint density at radius 1 is 1.47 bits per heavy atom. The molecule has 0 aromatic heterocycles. The van der Waals surface area contributed by atoms with Crippen molar-refractivity contribution in [2.24, 2.45) is 0 Å². The molecule has 1 saturated heterocycles. The van der Waals surface area contributed by atoms with E-state index >= 15 is 0 Å². The first-order valence-electron chi connectivity index (χ1n) is 5.29. The average molecular weight is 269 g/mol. The Kier molecular flexibility index (Phi) is 3.56. The summed E-state index contributed by atoms with van der Waals surface area (Å²) in [4.78, 5) is 13.8. The molecular formula is C12H10Cl2N2O. The number of rotatable bonds is 1. The van der Waals surface area contributed by atoms with E-state index in [9.17, 15) is 4.79 Å². The largest absolute Gasteiger partial charge is 0.323 e. The van der Waals surface area contributed by atoms with Gasteiger partial charge in [0, 0.05) is 11.6 Å². The van der Waals surface area contributed by atoms with Crippen molar-refractivity contribution in [3.63, 3.8) is 0 Å². The lowest BCUT2D eigenvalue weighted by atomic mass is 10.2. The van der Waals surface area contributed by atoms with Gasteiger partial charge in [-0.2, -0.15) is 5.26 Å². The normalized spacial score (nSPS) is 19.1. The van der Waals surface area contributed by atoms with E-state index in [0.29, 0.717) is 22.2 Å². The van der Waals surface area contributed by atoms with E-state index in [1.54, 1.807) is 23.1 Å². The maximum Gasteiger partial charge on any atom is 0.256 e. The Morgan fingerprint density at radius 3 is 2.94 bits per heavy atom. The first kappa shape index (κ1) is 12.2. The molecule has 0 N–H and O–H groups in total. The molecule has 1 fully saturated rings. The van der Waals surface area contributed by atoms with Crippen LogP contribution in [0.4, 0.5) is 0 Å². The number of carbonyl (C=O) groups is 1. The molecule has 1 amide bonds. The van der Waals surface area contributed by atoms with Crippen LogP contribution in [0, 0.1) is 11.3 Å². The maximum absolute atomic E-state index is 12.2. The van der Waals surface area contributed by atoms with Crippen molar-refractivity contribution in [1.29, 1.82) is 5.26 Å². The zero-order valence-corrected chi connectivity index (χ0v) is 10.5. The summed E-state index contributed by atoms with van der Waals surface area (Å²) in [6.07, 6.45) is 1.57. The number of hydrogen-bond acceptors (Lipinski definition) is 2. The molecule has 1 aromatic rings. The van der Waals surface area contributed by atoms with E-state index in [1.807, 2.05) is 0 Å². The number of likely N-dealkylation sites (tertiary alicyclic amines) is 1. The first-order chi connectivity index (χ1) is 8.13. The minimum atomic E-state index is -0.349. The summed E-state index contributed by atoms with van der Waals surface area (Å²) in [6.45, 7) is 0.597. The summed E-state index contributed by atoms with van der Waals surface area (Å²) in [6, 6.07) is 6.54. The van der Waals surface area contributed by atoms with Crippen LogP contribution in [0.1, 0.15) is 23.2 Å². The molecule has 1 atom stereocenters. The monoisotopic (exact) mass is 268 g/mol. The zero-order valence-electron chi connectivity index (χ0n) is 8.99. The van der Waals surface area contributed by atoms with Crippen molar-refractivity contribution in [2.75, 3.05) is 6.54 Å². The van der Waals surface area contributed by atoms with Gasteiger partial charge in [-0.25, -0.2) is 0 Å². The van der Waals surface area contributed by atoms with Gasteiger partial charge in [-0.05, 0) is 31.0 Å². The lowest BCUT2D eigenvalue weighted by Crippen LogP contribution is -2.34. The Morgan fingerprint density at radius 2 is 2.24 bits per heavy atom. The Bertz CT molecular complexity index is 496. The number of amides is 1. The van der Waals surface area contributed by atoms with Crippen LogP contribution in [-0.2, 0) is 0 Å². The topological polar surface area (TPSA) is 44.1 Å². The third kappa shape index (κ3) is 2.38. The van der Waals surface area contributed by atoms with Gasteiger partial charge in [-0.15, -0.1) is 0 Å². The molecule has 1 heterocycles. The second-order valence-electron chi connectivity index (χ2n) is 3.91. The van der Waals surface area contributed by atoms with Gasteiger partial charge < -0.3 is 4.90 Å². The highest BCUT2D eigenvalue weighted by Crippen LogP contribution is 2.25. The first-order valence-corrected chi connectivity index (χ1v) is 6.04. The molecule has 88 valence electrons. The fourth-order valence-electron chi connectivity index (χ4n) is 1.96. The number of benzene rings is 1. The number of hydrogen-bond donors (Lipinski definition) is 0. The summed E-state index contributed by atoms with van der Waals surface area (Å²) in [5.74, 6) is -0.221. The van der Waals surface area contributed by atoms with E-state index in [4.69, 9.17) is 28.5 Å². The van der Waals surface area contributed by atoms with Crippen molar-refractivity contribution in [1.82, 2.24) is 4.90 Å². The van der Waals surface area contributed by atoms with E-state index in [1.165, 1.54) is 0 Å². The predicted octanol–water partition coefficient (Wildman–Crippen LogP) is 3.12. The lowest BCUT2D eigenvalue weighted by molar-refractivity contribution is 0.0765. The van der Waals surface area contributed by atoms with E-state index < -0.39 is 0 Å². The second kappa shape index (κ2) is 4.95.